The minimum atomic E-state index is 0.303. The summed E-state index contributed by atoms with van der Waals surface area (Å²) in [5.74, 6) is 2.64. The van der Waals surface area contributed by atoms with Crippen molar-refractivity contribution >= 4 is 11.6 Å². The van der Waals surface area contributed by atoms with Crippen LogP contribution in [0.1, 0.15) is 38.1 Å². The van der Waals surface area contributed by atoms with Crippen molar-refractivity contribution < 1.29 is 0 Å². The summed E-state index contributed by atoms with van der Waals surface area (Å²) in [7, 11) is 2.01. The van der Waals surface area contributed by atoms with E-state index in [2.05, 4.69) is 35.6 Å². The van der Waals surface area contributed by atoms with Gasteiger partial charge >= 0.3 is 0 Å². The molecule has 0 atom stereocenters. The van der Waals surface area contributed by atoms with Gasteiger partial charge in [-0.2, -0.15) is 0 Å². The van der Waals surface area contributed by atoms with Gasteiger partial charge in [0.05, 0.1) is 0 Å². The first-order valence-corrected chi connectivity index (χ1v) is 5.32. The molecular weight excluding hydrogens is 188 g/mol. The van der Waals surface area contributed by atoms with Crippen molar-refractivity contribution in [2.24, 2.45) is 0 Å². The molecule has 1 aromatic heterocycles. The summed E-state index contributed by atoms with van der Waals surface area (Å²) in [5.41, 5.74) is 6.84. The molecule has 1 heterocycles. The molecule has 1 rings (SSSR count). The van der Waals surface area contributed by atoms with Crippen LogP contribution in [-0.4, -0.2) is 23.6 Å². The van der Waals surface area contributed by atoms with E-state index in [0.29, 0.717) is 11.7 Å². The molecule has 0 saturated heterocycles. The zero-order valence-electron chi connectivity index (χ0n) is 10.2. The second-order valence-corrected chi connectivity index (χ2v) is 4.08. The van der Waals surface area contributed by atoms with Crippen LogP contribution in [-0.2, 0) is 0 Å². The van der Waals surface area contributed by atoms with E-state index in [1.165, 1.54) is 0 Å². The minimum Gasteiger partial charge on any atom is -0.383 e. The van der Waals surface area contributed by atoms with Crippen molar-refractivity contribution in [3.05, 3.63) is 11.4 Å². The predicted octanol–water partition coefficient (Wildman–Crippen LogP) is 1.95. The molecule has 0 radical (unpaired) electrons. The summed E-state index contributed by atoms with van der Waals surface area (Å²) in [6, 6.07) is 0. The molecule has 1 aromatic rings. The summed E-state index contributed by atoms with van der Waals surface area (Å²) in [4.78, 5) is 10.9. The fourth-order valence-corrected chi connectivity index (χ4v) is 1.32. The number of rotatable bonds is 3. The number of nitrogens with two attached hydrogens (primary N) is 1. The highest BCUT2D eigenvalue weighted by Crippen LogP contribution is 2.23. The van der Waals surface area contributed by atoms with Gasteiger partial charge in [0, 0.05) is 25.1 Å². The van der Waals surface area contributed by atoms with Gasteiger partial charge in [0.2, 0.25) is 0 Å². The van der Waals surface area contributed by atoms with E-state index in [1.54, 1.807) is 0 Å². The van der Waals surface area contributed by atoms with Crippen LogP contribution in [0, 0.1) is 6.92 Å². The average Bonchev–Trinajstić information content (AvgIpc) is 2.20. The lowest BCUT2D eigenvalue weighted by molar-refractivity contribution is 0.765. The largest absolute Gasteiger partial charge is 0.383 e. The van der Waals surface area contributed by atoms with Gasteiger partial charge < -0.3 is 10.6 Å². The molecule has 0 aromatic carbocycles. The molecule has 0 amide bonds. The molecule has 84 valence electrons. The topological polar surface area (TPSA) is 55.0 Å². The van der Waals surface area contributed by atoms with E-state index >= 15 is 0 Å². The van der Waals surface area contributed by atoms with Crippen LogP contribution >= 0.6 is 0 Å². The Balaban J connectivity index is 3.25. The van der Waals surface area contributed by atoms with E-state index in [4.69, 9.17) is 5.73 Å². The van der Waals surface area contributed by atoms with E-state index in [1.807, 2.05) is 14.0 Å². The second-order valence-electron chi connectivity index (χ2n) is 4.08. The number of aromatic nitrogens is 2. The number of nitrogens with zero attached hydrogens (tertiary/aromatic N) is 3. The van der Waals surface area contributed by atoms with Crippen molar-refractivity contribution in [2.45, 2.75) is 33.6 Å². The SMILES string of the molecule is CCN(C)c1nc(C(C)C)nc(N)c1C. The fraction of sp³-hybridized carbons (Fsp3) is 0.636. The normalized spacial score (nSPS) is 10.8. The maximum Gasteiger partial charge on any atom is 0.137 e. The maximum atomic E-state index is 5.87. The van der Waals surface area contributed by atoms with Gasteiger partial charge in [-0.3, -0.25) is 0 Å². The maximum absolute atomic E-state index is 5.87. The van der Waals surface area contributed by atoms with Crippen LogP contribution in [0.25, 0.3) is 0 Å². The number of hydrogen-bond acceptors (Lipinski definition) is 4. The van der Waals surface area contributed by atoms with Crippen molar-refractivity contribution in [2.75, 3.05) is 24.2 Å². The van der Waals surface area contributed by atoms with E-state index in [0.717, 1.165) is 23.8 Å². The predicted molar refractivity (Wildman–Crippen MR) is 64.2 cm³/mol. The van der Waals surface area contributed by atoms with Gasteiger partial charge in [-0.05, 0) is 13.8 Å². The zero-order valence-corrected chi connectivity index (χ0v) is 10.2. The first kappa shape index (κ1) is 11.8. The average molecular weight is 208 g/mol. The molecule has 0 bridgehead atoms. The van der Waals surface area contributed by atoms with Crippen LogP contribution in [0.15, 0.2) is 0 Å². The Morgan fingerprint density at radius 2 is 1.93 bits per heavy atom. The Bertz CT molecular complexity index is 347. The van der Waals surface area contributed by atoms with Crippen LogP contribution in [0.4, 0.5) is 11.6 Å². The Hall–Kier alpha value is -1.32. The monoisotopic (exact) mass is 208 g/mol. The summed E-state index contributed by atoms with van der Waals surface area (Å²) >= 11 is 0. The molecule has 0 aliphatic rings. The highest BCUT2D eigenvalue weighted by Gasteiger charge is 2.13. The third-order valence-electron chi connectivity index (χ3n) is 2.53. The Morgan fingerprint density at radius 3 is 2.40 bits per heavy atom. The van der Waals surface area contributed by atoms with Crippen molar-refractivity contribution in [1.29, 1.82) is 0 Å². The lowest BCUT2D eigenvalue weighted by Crippen LogP contribution is -2.20. The molecule has 0 aliphatic carbocycles. The molecular formula is C11H20N4. The van der Waals surface area contributed by atoms with Crippen LogP contribution in [0.2, 0.25) is 0 Å². The van der Waals surface area contributed by atoms with E-state index < -0.39 is 0 Å². The van der Waals surface area contributed by atoms with Gasteiger partial charge in [0.15, 0.2) is 0 Å². The first-order valence-electron chi connectivity index (χ1n) is 5.32. The van der Waals surface area contributed by atoms with E-state index in [-0.39, 0.29) is 0 Å². The summed E-state index contributed by atoms with van der Waals surface area (Å²) in [5, 5.41) is 0. The van der Waals surface area contributed by atoms with Crippen molar-refractivity contribution in [3.8, 4) is 0 Å². The molecule has 4 heteroatoms. The van der Waals surface area contributed by atoms with Crippen LogP contribution in [0.5, 0.6) is 0 Å². The van der Waals surface area contributed by atoms with E-state index in [9.17, 15) is 0 Å². The number of nitrogen functional groups attached to an aromatic ring is 1. The first-order chi connectivity index (χ1) is 6.97. The molecule has 15 heavy (non-hydrogen) atoms. The van der Waals surface area contributed by atoms with Crippen molar-refractivity contribution in [3.63, 3.8) is 0 Å². The zero-order chi connectivity index (χ0) is 11.6. The summed E-state index contributed by atoms with van der Waals surface area (Å²) in [6.45, 7) is 9.10. The molecule has 0 spiro atoms. The minimum absolute atomic E-state index is 0.303. The molecule has 0 fully saturated rings. The smallest absolute Gasteiger partial charge is 0.137 e. The summed E-state index contributed by atoms with van der Waals surface area (Å²) in [6.07, 6.45) is 0. The van der Waals surface area contributed by atoms with Gasteiger partial charge in [-0.1, -0.05) is 13.8 Å². The number of anilines is 2. The van der Waals surface area contributed by atoms with Crippen molar-refractivity contribution in [1.82, 2.24) is 9.97 Å². The van der Waals surface area contributed by atoms with Crippen LogP contribution < -0.4 is 10.6 Å². The molecule has 0 saturated carbocycles. The lowest BCUT2D eigenvalue weighted by Gasteiger charge is -2.20. The second kappa shape index (κ2) is 4.47. The van der Waals surface area contributed by atoms with Gasteiger partial charge in [-0.15, -0.1) is 0 Å². The van der Waals surface area contributed by atoms with Gasteiger partial charge in [0.25, 0.3) is 0 Å². The Kier molecular flexibility index (Phi) is 3.50. The number of hydrogen-bond donors (Lipinski definition) is 1. The fourth-order valence-electron chi connectivity index (χ4n) is 1.32. The van der Waals surface area contributed by atoms with Crippen LogP contribution in [0.3, 0.4) is 0 Å². The highest BCUT2D eigenvalue weighted by molar-refractivity contribution is 5.56. The molecule has 0 unspecified atom stereocenters. The Morgan fingerprint density at radius 1 is 1.33 bits per heavy atom. The van der Waals surface area contributed by atoms with Gasteiger partial charge in [0.1, 0.15) is 17.5 Å². The Labute approximate surface area is 91.5 Å². The van der Waals surface area contributed by atoms with Gasteiger partial charge in [-0.25, -0.2) is 9.97 Å². The standard InChI is InChI=1S/C11H20N4/c1-6-15(5)11-8(4)9(12)13-10(14-11)7(2)3/h7H,6H2,1-5H3,(H2,12,13,14). The lowest BCUT2D eigenvalue weighted by atomic mass is 10.2. The quantitative estimate of drug-likeness (QED) is 0.824. The summed E-state index contributed by atoms with van der Waals surface area (Å²) < 4.78 is 0. The molecule has 4 nitrogen and oxygen atoms in total. The molecule has 2 N–H and O–H groups in total. The third-order valence-corrected chi connectivity index (χ3v) is 2.53. The molecule has 0 aliphatic heterocycles. The highest BCUT2D eigenvalue weighted by atomic mass is 15.2. The third kappa shape index (κ3) is 2.37.